The molecule has 31 heavy (non-hydrogen) atoms. The Balaban J connectivity index is 1.36. The highest BCUT2D eigenvalue weighted by Gasteiger charge is 2.45. The predicted molar refractivity (Wildman–Crippen MR) is 113 cm³/mol. The zero-order chi connectivity index (χ0) is 22.0. The van der Waals surface area contributed by atoms with Gasteiger partial charge in [0.05, 0.1) is 16.5 Å². The average molecular weight is 424 g/mol. The van der Waals surface area contributed by atoms with Crippen molar-refractivity contribution in [3.63, 3.8) is 0 Å². The largest absolute Gasteiger partial charge is 0.478 e. The number of hydrogen-bond acceptors (Lipinski definition) is 8. The molecule has 162 valence electrons. The molecule has 0 spiro atoms. The van der Waals surface area contributed by atoms with Crippen molar-refractivity contribution >= 4 is 35.0 Å². The summed E-state index contributed by atoms with van der Waals surface area (Å²) in [6, 6.07) is 0. The molecule has 2 fully saturated rings. The lowest BCUT2D eigenvalue weighted by Crippen LogP contribution is -2.62. The number of nitrogens with zero attached hydrogens (tertiary/aromatic N) is 4. The van der Waals surface area contributed by atoms with E-state index in [4.69, 9.17) is 9.52 Å². The lowest BCUT2D eigenvalue weighted by Gasteiger charge is -2.47. The number of carbonyl (C=O) groups is 2. The summed E-state index contributed by atoms with van der Waals surface area (Å²) in [6.07, 6.45) is 6.37. The molecule has 1 saturated heterocycles. The van der Waals surface area contributed by atoms with Crippen molar-refractivity contribution in [2.24, 2.45) is 10.9 Å². The summed E-state index contributed by atoms with van der Waals surface area (Å²) in [7, 11) is 0. The van der Waals surface area contributed by atoms with Crippen LogP contribution >= 0.6 is 0 Å². The van der Waals surface area contributed by atoms with Crippen LogP contribution in [0.5, 0.6) is 0 Å². The number of anilines is 1. The van der Waals surface area contributed by atoms with Crippen molar-refractivity contribution in [1.29, 1.82) is 0 Å². The first-order valence-corrected chi connectivity index (χ1v) is 10.3. The van der Waals surface area contributed by atoms with Crippen LogP contribution in [0.1, 0.15) is 42.8 Å². The molecule has 1 atom stereocenters. The summed E-state index contributed by atoms with van der Waals surface area (Å²) in [6.45, 7) is 6.78. The summed E-state index contributed by atoms with van der Waals surface area (Å²) >= 11 is 0. The third kappa shape index (κ3) is 3.22. The minimum atomic E-state index is -1.03. The molecular formula is C21H24N6O4. The summed E-state index contributed by atoms with van der Waals surface area (Å²) in [5.41, 5.74) is 0.334. The zero-order valence-corrected chi connectivity index (χ0v) is 17.6. The number of carboxylic acid groups (broad SMARTS) is 1. The van der Waals surface area contributed by atoms with E-state index in [1.165, 1.54) is 18.7 Å². The fourth-order valence-corrected chi connectivity index (χ4v) is 4.00. The number of aliphatic carboxylic acids is 1. The normalized spacial score (nSPS) is 24.4. The van der Waals surface area contributed by atoms with Crippen LogP contribution in [0.15, 0.2) is 27.5 Å². The van der Waals surface area contributed by atoms with Crippen LogP contribution in [0.3, 0.4) is 0 Å². The summed E-state index contributed by atoms with van der Waals surface area (Å²) in [5, 5.41) is 16.2. The fourth-order valence-electron chi connectivity index (χ4n) is 4.00. The number of carboxylic acids is 1. The molecule has 2 aromatic rings. The van der Waals surface area contributed by atoms with Crippen molar-refractivity contribution in [2.45, 2.75) is 44.8 Å². The maximum atomic E-state index is 13.4. The van der Waals surface area contributed by atoms with Crippen molar-refractivity contribution in [2.75, 3.05) is 18.4 Å². The summed E-state index contributed by atoms with van der Waals surface area (Å²) in [5.74, 6) is 0.0345. The van der Waals surface area contributed by atoms with Crippen molar-refractivity contribution in [1.82, 2.24) is 20.2 Å². The molecule has 5 rings (SSSR count). The number of aryl methyl sites for hydroxylation is 1. The molecule has 2 aliphatic heterocycles. The van der Waals surface area contributed by atoms with Crippen LogP contribution in [0, 0.1) is 12.8 Å². The number of hydrogen-bond donors (Lipinski definition) is 3. The molecule has 0 bridgehead atoms. The van der Waals surface area contributed by atoms with Gasteiger partial charge in [-0.15, -0.1) is 0 Å². The van der Waals surface area contributed by atoms with Gasteiger partial charge < -0.3 is 25.1 Å². The molecule has 1 saturated carbocycles. The predicted octanol–water partition coefficient (Wildman–Crippen LogP) is 1.93. The first-order valence-electron chi connectivity index (χ1n) is 10.3. The maximum Gasteiger partial charge on any atom is 0.338 e. The number of nitrogens with one attached hydrogen (secondary N) is 2. The Labute approximate surface area is 178 Å². The molecule has 1 unspecified atom stereocenters. The Bertz CT molecular complexity index is 1160. The number of likely N-dealkylation sites (tertiary alicyclic amines) is 1. The Morgan fingerprint density at radius 1 is 1.29 bits per heavy atom. The van der Waals surface area contributed by atoms with Crippen LogP contribution in [0.2, 0.25) is 0 Å². The molecule has 3 aliphatic rings. The van der Waals surface area contributed by atoms with Gasteiger partial charge in [-0.05, 0) is 33.6 Å². The second kappa shape index (κ2) is 6.53. The number of aliphatic imine (C=N–C) groups is 1. The Hall–Kier alpha value is -3.43. The SMILES string of the molecule is Cc1oc2ncnc(NC3(C)CC3)c2c1C(=O)N1CC(C2(C)N=CC(C(=O)O)=CN2)C1. The number of amides is 1. The van der Waals surface area contributed by atoms with Gasteiger partial charge in [0.25, 0.3) is 5.91 Å². The fraction of sp³-hybridized carbons (Fsp3) is 0.476. The van der Waals surface area contributed by atoms with Gasteiger partial charge >= 0.3 is 5.97 Å². The molecule has 1 aliphatic carbocycles. The van der Waals surface area contributed by atoms with Gasteiger partial charge in [0, 0.05) is 37.0 Å². The van der Waals surface area contributed by atoms with Gasteiger partial charge in [-0.25, -0.2) is 14.8 Å². The van der Waals surface area contributed by atoms with Crippen LogP contribution in [0.4, 0.5) is 5.82 Å². The van der Waals surface area contributed by atoms with Crippen LogP contribution in [0.25, 0.3) is 11.1 Å². The van der Waals surface area contributed by atoms with Gasteiger partial charge in [0.2, 0.25) is 5.71 Å². The van der Waals surface area contributed by atoms with Crippen molar-refractivity contribution in [3.05, 3.63) is 29.4 Å². The molecule has 1 amide bonds. The number of aromatic nitrogens is 2. The molecule has 10 heteroatoms. The third-order valence-corrected chi connectivity index (χ3v) is 6.50. The second-order valence-electron chi connectivity index (χ2n) is 8.98. The third-order valence-electron chi connectivity index (χ3n) is 6.50. The Morgan fingerprint density at radius 3 is 2.65 bits per heavy atom. The topological polar surface area (TPSA) is 133 Å². The molecule has 4 heterocycles. The van der Waals surface area contributed by atoms with Crippen LogP contribution < -0.4 is 10.6 Å². The van der Waals surface area contributed by atoms with E-state index in [-0.39, 0.29) is 22.9 Å². The van der Waals surface area contributed by atoms with E-state index < -0.39 is 11.6 Å². The van der Waals surface area contributed by atoms with Gasteiger partial charge in [-0.3, -0.25) is 9.79 Å². The molecule has 3 N–H and O–H groups in total. The average Bonchev–Trinajstić information content (AvgIpc) is 3.28. The van der Waals surface area contributed by atoms with Gasteiger partial charge in [-0.2, -0.15) is 0 Å². The van der Waals surface area contributed by atoms with Crippen molar-refractivity contribution < 1.29 is 19.1 Å². The Morgan fingerprint density at radius 2 is 2.03 bits per heavy atom. The smallest absolute Gasteiger partial charge is 0.338 e. The minimum Gasteiger partial charge on any atom is -0.478 e. The van der Waals surface area contributed by atoms with E-state index >= 15 is 0 Å². The maximum absolute atomic E-state index is 13.4. The van der Waals surface area contributed by atoms with Gasteiger partial charge in [-0.1, -0.05) is 0 Å². The first-order chi connectivity index (χ1) is 14.7. The minimum absolute atomic E-state index is 0.00377. The second-order valence-corrected chi connectivity index (χ2v) is 8.98. The van der Waals surface area contributed by atoms with E-state index in [0.717, 1.165) is 12.8 Å². The molecular weight excluding hydrogens is 400 g/mol. The van der Waals surface area contributed by atoms with Crippen molar-refractivity contribution in [3.8, 4) is 0 Å². The molecule has 10 nitrogen and oxygen atoms in total. The number of carbonyl (C=O) groups excluding carboxylic acids is 1. The van der Waals surface area contributed by atoms with E-state index in [0.29, 0.717) is 41.3 Å². The highest BCUT2D eigenvalue weighted by Crippen LogP contribution is 2.41. The van der Waals surface area contributed by atoms with E-state index in [1.54, 1.807) is 11.8 Å². The molecule has 0 aromatic carbocycles. The number of fused-ring (bicyclic) bond motifs is 1. The Kier molecular flexibility index (Phi) is 4.11. The van der Waals surface area contributed by atoms with E-state index in [1.807, 2.05) is 6.92 Å². The monoisotopic (exact) mass is 424 g/mol. The lowest BCUT2D eigenvalue weighted by atomic mass is 9.85. The zero-order valence-electron chi connectivity index (χ0n) is 17.6. The number of rotatable bonds is 5. The molecule has 0 radical (unpaired) electrons. The van der Waals surface area contributed by atoms with E-state index in [9.17, 15) is 9.59 Å². The number of furan rings is 1. The van der Waals surface area contributed by atoms with Gasteiger partial charge in [0.15, 0.2) is 0 Å². The standard InChI is InChI=1S/C21H24N6O4/c1-11-14(15-16(26-20(2)4-5-20)22-10-23-17(15)31-11)18(28)27-8-13(9-27)21(3)24-6-12(7-25-21)19(29)30/h6-7,10,13,24H,4-5,8-9H2,1-3H3,(H,29,30)(H,22,23,26). The lowest BCUT2D eigenvalue weighted by molar-refractivity contribution is -0.132. The highest BCUT2D eigenvalue weighted by atomic mass is 16.4. The molecule has 2 aromatic heterocycles. The van der Waals surface area contributed by atoms with Crippen LogP contribution in [-0.4, -0.2) is 62.4 Å². The first kappa shape index (κ1) is 19.5. The van der Waals surface area contributed by atoms with Crippen LogP contribution in [-0.2, 0) is 4.79 Å². The quantitative estimate of drug-likeness (QED) is 0.663. The van der Waals surface area contributed by atoms with E-state index in [2.05, 4.69) is 32.5 Å². The highest BCUT2D eigenvalue weighted by molar-refractivity contribution is 6.10. The van der Waals surface area contributed by atoms with Gasteiger partial charge in [0.1, 0.15) is 23.6 Å². The summed E-state index contributed by atoms with van der Waals surface area (Å²) < 4.78 is 5.77. The summed E-state index contributed by atoms with van der Waals surface area (Å²) in [4.78, 5) is 39.2.